The van der Waals surface area contributed by atoms with Crippen molar-refractivity contribution in [3.63, 3.8) is 0 Å². The topological polar surface area (TPSA) is 99.9 Å². The molecule has 0 unspecified atom stereocenters. The lowest BCUT2D eigenvalue weighted by Crippen LogP contribution is -2.36. The van der Waals surface area contributed by atoms with Crippen LogP contribution < -0.4 is 0 Å². The SMILES string of the molecule is C#CCN1CC(=O)N(COC(=O)[C@@H]2[C@@H](/C=C(\C#N)OCC)C2(C)C)C1=O. The Balaban J connectivity index is 1.97. The van der Waals surface area contributed by atoms with Crippen LogP contribution in [0.5, 0.6) is 0 Å². The van der Waals surface area contributed by atoms with E-state index >= 15 is 0 Å². The number of hydrogen-bond donors (Lipinski definition) is 0. The van der Waals surface area contributed by atoms with Crippen molar-refractivity contribution in [1.82, 2.24) is 9.80 Å². The van der Waals surface area contributed by atoms with Gasteiger partial charge in [-0.2, -0.15) is 5.26 Å². The molecule has 0 aromatic carbocycles. The van der Waals surface area contributed by atoms with Crippen LogP contribution in [0.1, 0.15) is 20.8 Å². The van der Waals surface area contributed by atoms with Gasteiger partial charge >= 0.3 is 12.0 Å². The molecule has 1 saturated heterocycles. The van der Waals surface area contributed by atoms with Crippen molar-refractivity contribution in [3.8, 4) is 18.4 Å². The average Bonchev–Trinajstić information content (AvgIpc) is 3.02. The summed E-state index contributed by atoms with van der Waals surface area (Å²) in [5.41, 5.74) is -0.398. The third-order valence-electron chi connectivity index (χ3n) is 4.65. The molecule has 2 atom stereocenters. The zero-order valence-corrected chi connectivity index (χ0v) is 15.0. The molecule has 0 aromatic rings. The number of nitrogens with zero attached hydrogens (tertiary/aromatic N) is 3. The summed E-state index contributed by atoms with van der Waals surface area (Å²) in [4.78, 5) is 38.3. The summed E-state index contributed by atoms with van der Waals surface area (Å²) in [7, 11) is 0. The van der Waals surface area contributed by atoms with E-state index in [1.54, 1.807) is 13.0 Å². The van der Waals surface area contributed by atoms with Gasteiger partial charge in [0.05, 0.1) is 19.1 Å². The molecular formula is C18H21N3O5. The molecule has 0 bridgehead atoms. The van der Waals surface area contributed by atoms with E-state index in [0.29, 0.717) is 6.61 Å². The maximum Gasteiger partial charge on any atom is 0.330 e. The summed E-state index contributed by atoms with van der Waals surface area (Å²) < 4.78 is 10.4. The second kappa shape index (κ2) is 7.49. The highest BCUT2D eigenvalue weighted by Crippen LogP contribution is 2.59. The first-order valence-electron chi connectivity index (χ1n) is 8.22. The number of ether oxygens (including phenoxy) is 2. The summed E-state index contributed by atoms with van der Waals surface area (Å²) >= 11 is 0. The lowest BCUT2D eigenvalue weighted by molar-refractivity contribution is -0.151. The van der Waals surface area contributed by atoms with Crippen LogP contribution in [0.4, 0.5) is 4.79 Å². The van der Waals surface area contributed by atoms with Gasteiger partial charge < -0.3 is 14.4 Å². The zero-order chi connectivity index (χ0) is 19.5. The second-order valence-corrected chi connectivity index (χ2v) is 6.66. The molecule has 2 rings (SSSR count). The second-order valence-electron chi connectivity index (χ2n) is 6.66. The molecule has 0 spiro atoms. The summed E-state index contributed by atoms with van der Waals surface area (Å²) in [6.07, 6.45) is 6.77. The summed E-state index contributed by atoms with van der Waals surface area (Å²) in [5.74, 6) is 0.789. The molecule has 1 aliphatic carbocycles. The van der Waals surface area contributed by atoms with Gasteiger partial charge in [0.25, 0.3) is 5.91 Å². The van der Waals surface area contributed by atoms with Crippen molar-refractivity contribution >= 4 is 17.9 Å². The highest BCUT2D eigenvalue weighted by Gasteiger charge is 2.62. The average molecular weight is 359 g/mol. The molecule has 2 fully saturated rings. The van der Waals surface area contributed by atoms with Crippen molar-refractivity contribution in [1.29, 1.82) is 5.26 Å². The molecule has 0 aromatic heterocycles. The molecule has 0 N–H and O–H groups in total. The maximum absolute atomic E-state index is 12.4. The third kappa shape index (κ3) is 3.65. The molecule has 1 heterocycles. The minimum Gasteiger partial charge on any atom is -0.484 e. The fraction of sp³-hybridized carbons (Fsp3) is 0.556. The highest BCUT2D eigenvalue weighted by atomic mass is 16.5. The number of imide groups is 1. The Bertz CT molecular complexity index is 728. The fourth-order valence-corrected chi connectivity index (χ4v) is 3.05. The van der Waals surface area contributed by atoms with Gasteiger partial charge in [-0.05, 0) is 18.4 Å². The molecule has 8 nitrogen and oxygen atoms in total. The normalized spacial score (nSPS) is 24.1. The van der Waals surface area contributed by atoms with E-state index in [9.17, 15) is 14.4 Å². The molecule has 1 saturated carbocycles. The quantitative estimate of drug-likeness (QED) is 0.222. The number of hydrogen-bond acceptors (Lipinski definition) is 6. The van der Waals surface area contributed by atoms with Gasteiger partial charge in [0.2, 0.25) is 0 Å². The number of allylic oxidation sites excluding steroid dienone is 2. The molecule has 3 amide bonds. The first-order valence-corrected chi connectivity index (χ1v) is 8.22. The Hall–Kier alpha value is -3.00. The molecule has 8 heteroatoms. The van der Waals surface area contributed by atoms with E-state index in [4.69, 9.17) is 21.2 Å². The largest absolute Gasteiger partial charge is 0.484 e. The van der Waals surface area contributed by atoms with Crippen molar-refractivity contribution in [3.05, 3.63) is 11.8 Å². The Labute approximate surface area is 152 Å². The van der Waals surface area contributed by atoms with E-state index < -0.39 is 36.0 Å². The Morgan fingerprint density at radius 3 is 2.69 bits per heavy atom. The van der Waals surface area contributed by atoms with Gasteiger partial charge in [0.1, 0.15) is 12.6 Å². The molecular weight excluding hydrogens is 338 g/mol. The molecule has 2 aliphatic rings. The Kier molecular flexibility index (Phi) is 5.56. The molecule has 138 valence electrons. The Morgan fingerprint density at radius 2 is 2.12 bits per heavy atom. The highest BCUT2D eigenvalue weighted by molar-refractivity contribution is 6.02. The van der Waals surface area contributed by atoms with Gasteiger partial charge in [0, 0.05) is 5.92 Å². The number of urea groups is 1. The van der Waals surface area contributed by atoms with E-state index in [1.165, 1.54) is 4.90 Å². The van der Waals surface area contributed by atoms with E-state index in [-0.39, 0.29) is 24.8 Å². The van der Waals surface area contributed by atoms with Crippen LogP contribution in [-0.2, 0) is 19.1 Å². The lowest BCUT2D eigenvalue weighted by atomic mass is 10.1. The molecule has 26 heavy (non-hydrogen) atoms. The van der Waals surface area contributed by atoms with Gasteiger partial charge in [-0.3, -0.25) is 9.59 Å². The Morgan fingerprint density at radius 1 is 1.42 bits per heavy atom. The van der Waals surface area contributed by atoms with Crippen LogP contribution in [-0.4, -0.2) is 54.1 Å². The monoisotopic (exact) mass is 359 g/mol. The van der Waals surface area contributed by atoms with Gasteiger partial charge in [0.15, 0.2) is 12.5 Å². The summed E-state index contributed by atoms with van der Waals surface area (Å²) in [6.45, 7) is 5.32. The molecule has 1 aliphatic heterocycles. The maximum atomic E-state index is 12.4. The number of terminal acetylenes is 1. The van der Waals surface area contributed by atoms with Crippen molar-refractivity contribution in [2.75, 3.05) is 26.4 Å². The number of rotatable bonds is 7. The predicted octanol–water partition coefficient (Wildman–Crippen LogP) is 1.10. The van der Waals surface area contributed by atoms with Crippen LogP contribution in [0.15, 0.2) is 11.8 Å². The third-order valence-corrected chi connectivity index (χ3v) is 4.65. The minimum atomic E-state index is -0.574. The number of nitriles is 1. The van der Waals surface area contributed by atoms with E-state index in [1.807, 2.05) is 19.9 Å². The van der Waals surface area contributed by atoms with Crippen molar-refractivity contribution < 1.29 is 23.9 Å². The zero-order valence-electron chi connectivity index (χ0n) is 15.0. The van der Waals surface area contributed by atoms with E-state index in [2.05, 4.69) is 5.92 Å². The van der Waals surface area contributed by atoms with E-state index in [0.717, 1.165) is 4.90 Å². The molecule has 0 radical (unpaired) electrons. The summed E-state index contributed by atoms with van der Waals surface area (Å²) in [6, 6.07) is 1.37. The van der Waals surface area contributed by atoms with Gasteiger partial charge in [-0.15, -0.1) is 6.42 Å². The van der Waals surface area contributed by atoms with Crippen LogP contribution >= 0.6 is 0 Å². The number of esters is 1. The number of carbonyl (C=O) groups is 3. The minimum absolute atomic E-state index is 0.0198. The number of carbonyl (C=O) groups excluding carboxylic acids is 3. The predicted molar refractivity (Wildman–Crippen MR) is 89.7 cm³/mol. The van der Waals surface area contributed by atoms with Gasteiger partial charge in [-0.25, -0.2) is 9.69 Å². The number of amides is 3. The van der Waals surface area contributed by atoms with Crippen LogP contribution in [0.25, 0.3) is 0 Å². The van der Waals surface area contributed by atoms with Crippen molar-refractivity contribution in [2.45, 2.75) is 20.8 Å². The standard InChI is InChI=1S/C18H21N3O5/c1-5-7-20-10-14(22)21(17(20)24)11-26-16(23)15-13(18(15,3)4)8-12(9-19)25-6-2/h1,8,13,15H,6-7,10-11H2,2-4H3/b12-8+/t13-,15+/m1/s1. The fourth-order valence-electron chi connectivity index (χ4n) is 3.05. The van der Waals surface area contributed by atoms with Crippen LogP contribution in [0, 0.1) is 40.9 Å². The summed E-state index contributed by atoms with van der Waals surface area (Å²) in [5, 5.41) is 9.04. The first kappa shape index (κ1) is 19.3. The van der Waals surface area contributed by atoms with Crippen LogP contribution in [0.3, 0.4) is 0 Å². The van der Waals surface area contributed by atoms with Crippen LogP contribution in [0.2, 0.25) is 0 Å². The smallest absolute Gasteiger partial charge is 0.330 e. The van der Waals surface area contributed by atoms with Gasteiger partial charge in [-0.1, -0.05) is 19.8 Å². The first-order chi connectivity index (χ1) is 12.3. The van der Waals surface area contributed by atoms with Crippen molar-refractivity contribution in [2.24, 2.45) is 17.3 Å². The lowest BCUT2D eigenvalue weighted by Gasteiger charge is -2.15.